The maximum atomic E-state index is 5.04. The van der Waals surface area contributed by atoms with Crippen molar-refractivity contribution in [2.75, 3.05) is 0 Å². The fraction of sp³-hybridized carbons (Fsp3) is 0. The van der Waals surface area contributed by atoms with Gasteiger partial charge in [0.1, 0.15) is 5.82 Å². The number of aromatic nitrogens is 2. The lowest BCUT2D eigenvalue weighted by atomic mass is 9.97. The summed E-state index contributed by atoms with van der Waals surface area (Å²) in [7, 11) is 0. The van der Waals surface area contributed by atoms with Crippen LogP contribution in [-0.4, -0.2) is 9.55 Å². The minimum absolute atomic E-state index is 0.946. The van der Waals surface area contributed by atoms with Gasteiger partial charge in [-0.1, -0.05) is 109 Å². The molecule has 0 atom stereocenters. The van der Waals surface area contributed by atoms with Crippen molar-refractivity contribution in [3.63, 3.8) is 0 Å². The third-order valence-corrected chi connectivity index (χ3v) is 6.02. The van der Waals surface area contributed by atoms with Gasteiger partial charge >= 0.3 is 0 Å². The molecule has 0 aliphatic carbocycles. The topological polar surface area (TPSA) is 17.8 Å². The first-order valence-corrected chi connectivity index (χ1v) is 11.2. The molecule has 0 unspecified atom stereocenters. The predicted molar refractivity (Wildman–Crippen MR) is 137 cm³/mol. The van der Waals surface area contributed by atoms with E-state index in [1.165, 1.54) is 22.3 Å². The molecule has 0 spiro atoms. The van der Waals surface area contributed by atoms with Crippen LogP contribution in [0.25, 0.3) is 50.4 Å². The van der Waals surface area contributed by atoms with Crippen molar-refractivity contribution in [3.05, 3.63) is 133 Å². The lowest BCUT2D eigenvalue weighted by Gasteiger charge is -2.17. The quantitative estimate of drug-likeness (QED) is 0.281. The van der Waals surface area contributed by atoms with Gasteiger partial charge in [-0.2, -0.15) is 0 Å². The largest absolute Gasteiger partial charge is 0.292 e. The summed E-state index contributed by atoms with van der Waals surface area (Å²) in [5.74, 6) is 0.946. The van der Waals surface area contributed by atoms with E-state index in [9.17, 15) is 0 Å². The predicted octanol–water partition coefficient (Wildman–Crippen LogP) is 8.03. The van der Waals surface area contributed by atoms with E-state index >= 15 is 0 Å². The van der Waals surface area contributed by atoms with E-state index in [2.05, 4.69) is 126 Å². The van der Waals surface area contributed by atoms with E-state index in [1.807, 2.05) is 12.1 Å². The van der Waals surface area contributed by atoms with Gasteiger partial charge in [0.25, 0.3) is 0 Å². The second-order valence-corrected chi connectivity index (χ2v) is 8.09. The van der Waals surface area contributed by atoms with Crippen molar-refractivity contribution >= 4 is 11.0 Å². The average molecular weight is 423 g/mol. The van der Waals surface area contributed by atoms with Crippen molar-refractivity contribution in [3.8, 4) is 39.3 Å². The Morgan fingerprint density at radius 1 is 0.455 bits per heavy atom. The number of hydrogen-bond acceptors (Lipinski definition) is 1. The van der Waals surface area contributed by atoms with Crippen LogP contribution < -0.4 is 0 Å². The van der Waals surface area contributed by atoms with Crippen molar-refractivity contribution < 1.29 is 0 Å². The van der Waals surface area contributed by atoms with E-state index in [0.29, 0.717) is 0 Å². The maximum Gasteiger partial charge on any atom is 0.145 e. The van der Waals surface area contributed by atoms with Crippen LogP contribution in [0, 0.1) is 0 Å². The Labute approximate surface area is 193 Å². The number of para-hydroxylation sites is 2. The fourth-order valence-electron chi connectivity index (χ4n) is 4.44. The molecule has 0 N–H and O–H groups in total. The Kier molecular flexibility index (Phi) is 4.82. The van der Waals surface area contributed by atoms with E-state index in [-0.39, 0.29) is 0 Å². The number of hydrogen-bond donors (Lipinski definition) is 0. The van der Waals surface area contributed by atoms with Gasteiger partial charge in [0, 0.05) is 11.1 Å². The number of rotatable bonds is 4. The lowest BCUT2D eigenvalue weighted by molar-refractivity contribution is 1.10. The molecule has 0 radical (unpaired) electrons. The standard InChI is InChI=1S/C31H22N2/c1-4-12-23(13-5-1)26-20-21-29(27(22-26)24-14-6-2-7-15-24)33-30-19-11-10-18-28(30)32-31(33)25-16-8-3-9-17-25/h1-22H. The molecule has 2 heteroatoms. The second kappa shape index (κ2) is 8.25. The highest BCUT2D eigenvalue weighted by Gasteiger charge is 2.18. The number of imidazole rings is 1. The van der Waals surface area contributed by atoms with Gasteiger partial charge in [-0.25, -0.2) is 4.98 Å². The normalized spacial score (nSPS) is 11.0. The molecule has 33 heavy (non-hydrogen) atoms. The van der Waals surface area contributed by atoms with Crippen LogP contribution in [-0.2, 0) is 0 Å². The van der Waals surface area contributed by atoms with Crippen LogP contribution in [0.2, 0.25) is 0 Å². The van der Waals surface area contributed by atoms with E-state index in [4.69, 9.17) is 4.98 Å². The smallest absolute Gasteiger partial charge is 0.145 e. The lowest BCUT2D eigenvalue weighted by Crippen LogP contribution is -2.00. The molecule has 6 rings (SSSR count). The highest BCUT2D eigenvalue weighted by molar-refractivity contribution is 5.88. The monoisotopic (exact) mass is 422 g/mol. The Morgan fingerprint density at radius 2 is 1.03 bits per heavy atom. The molecule has 5 aromatic carbocycles. The molecule has 0 aliphatic rings. The first kappa shape index (κ1) is 19.3. The molecule has 1 heterocycles. The van der Waals surface area contributed by atoms with Gasteiger partial charge in [0.2, 0.25) is 0 Å². The summed E-state index contributed by atoms with van der Waals surface area (Å²) in [4.78, 5) is 5.04. The molecule has 156 valence electrons. The fourth-order valence-corrected chi connectivity index (χ4v) is 4.44. The van der Waals surface area contributed by atoms with E-state index < -0.39 is 0 Å². The Balaban J connectivity index is 1.66. The SMILES string of the molecule is c1ccc(-c2ccc(-n3c(-c4ccccc4)nc4ccccc43)c(-c3ccccc3)c2)cc1. The summed E-state index contributed by atoms with van der Waals surface area (Å²) in [6.07, 6.45) is 0. The van der Waals surface area contributed by atoms with Crippen LogP contribution >= 0.6 is 0 Å². The zero-order chi connectivity index (χ0) is 22.0. The highest BCUT2D eigenvalue weighted by Crippen LogP contribution is 2.36. The van der Waals surface area contributed by atoms with E-state index in [0.717, 1.165) is 28.1 Å². The number of nitrogens with zero attached hydrogens (tertiary/aromatic N) is 2. The Hall–Kier alpha value is -4.43. The van der Waals surface area contributed by atoms with Crippen LogP contribution in [0.3, 0.4) is 0 Å². The first-order valence-electron chi connectivity index (χ1n) is 11.2. The third kappa shape index (κ3) is 3.52. The molecule has 1 aromatic heterocycles. The van der Waals surface area contributed by atoms with Gasteiger partial charge < -0.3 is 0 Å². The molecule has 0 fully saturated rings. The van der Waals surface area contributed by atoms with Crippen LogP contribution in [0.4, 0.5) is 0 Å². The number of benzene rings is 5. The molecular weight excluding hydrogens is 400 g/mol. The second-order valence-electron chi connectivity index (χ2n) is 8.09. The Bertz CT molecular complexity index is 1530. The minimum Gasteiger partial charge on any atom is -0.292 e. The zero-order valence-electron chi connectivity index (χ0n) is 18.1. The third-order valence-electron chi connectivity index (χ3n) is 6.02. The zero-order valence-corrected chi connectivity index (χ0v) is 18.1. The summed E-state index contributed by atoms with van der Waals surface area (Å²) >= 11 is 0. The number of fused-ring (bicyclic) bond motifs is 1. The van der Waals surface area contributed by atoms with Crippen molar-refractivity contribution in [1.29, 1.82) is 0 Å². The Morgan fingerprint density at radius 3 is 1.73 bits per heavy atom. The summed E-state index contributed by atoms with van der Waals surface area (Å²) in [6, 6.07) is 46.7. The maximum absolute atomic E-state index is 5.04. The molecular formula is C31H22N2. The molecule has 0 saturated carbocycles. The van der Waals surface area contributed by atoms with Gasteiger partial charge in [0.15, 0.2) is 0 Å². The molecule has 2 nitrogen and oxygen atoms in total. The van der Waals surface area contributed by atoms with Crippen molar-refractivity contribution in [2.45, 2.75) is 0 Å². The van der Waals surface area contributed by atoms with Crippen molar-refractivity contribution in [1.82, 2.24) is 9.55 Å². The van der Waals surface area contributed by atoms with Crippen LogP contribution in [0.5, 0.6) is 0 Å². The first-order chi connectivity index (χ1) is 16.4. The molecule has 0 aliphatic heterocycles. The summed E-state index contributed by atoms with van der Waals surface area (Å²) in [6.45, 7) is 0. The highest BCUT2D eigenvalue weighted by atomic mass is 15.1. The van der Waals surface area contributed by atoms with Crippen molar-refractivity contribution in [2.24, 2.45) is 0 Å². The van der Waals surface area contributed by atoms with Crippen LogP contribution in [0.15, 0.2) is 133 Å². The molecule has 0 bridgehead atoms. The van der Waals surface area contributed by atoms with Gasteiger partial charge in [-0.05, 0) is 41.0 Å². The molecule has 6 aromatic rings. The van der Waals surface area contributed by atoms with Gasteiger partial charge in [-0.3, -0.25) is 4.57 Å². The summed E-state index contributed by atoms with van der Waals surface area (Å²) in [5, 5.41) is 0. The molecule has 0 amide bonds. The molecule has 0 saturated heterocycles. The van der Waals surface area contributed by atoms with Crippen LogP contribution in [0.1, 0.15) is 0 Å². The average Bonchev–Trinajstić information content (AvgIpc) is 3.29. The summed E-state index contributed by atoms with van der Waals surface area (Å²) in [5.41, 5.74) is 9.07. The van der Waals surface area contributed by atoms with Gasteiger partial charge in [0.05, 0.1) is 16.7 Å². The van der Waals surface area contributed by atoms with Gasteiger partial charge in [-0.15, -0.1) is 0 Å². The minimum atomic E-state index is 0.946. The summed E-state index contributed by atoms with van der Waals surface area (Å²) < 4.78 is 2.29. The van der Waals surface area contributed by atoms with E-state index in [1.54, 1.807) is 0 Å².